The summed E-state index contributed by atoms with van der Waals surface area (Å²) >= 11 is 1.32. The molecule has 1 aromatic heterocycles. The zero-order valence-corrected chi connectivity index (χ0v) is 13.5. The number of thioether (sulfide) groups is 1. The molecule has 1 N–H and O–H groups in total. The zero-order valence-electron chi connectivity index (χ0n) is 12.7. The van der Waals surface area contributed by atoms with Crippen LogP contribution in [0.5, 0.6) is 0 Å². The molecule has 2 heterocycles. The van der Waals surface area contributed by atoms with Crippen LogP contribution in [0.15, 0.2) is 41.8 Å². The second-order valence-electron chi connectivity index (χ2n) is 5.46. The van der Waals surface area contributed by atoms with Crippen molar-refractivity contribution in [1.29, 1.82) is 0 Å². The Morgan fingerprint density at radius 3 is 2.74 bits per heavy atom. The maximum atomic E-state index is 12.5. The molecule has 1 aliphatic rings. The van der Waals surface area contributed by atoms with Crippen molar-refractivity contribution in [1.82, 2.24) is 14.5 Å². The van der Waals surface area contributed by atoms with Crippen molar-refractivity contribution in [2.75, 3.05) is 5.75 Å². The number of amides is 1. The van der Waals surface area contributed by atoms with Gasteiger partial charge in [-0.3, -0.25) is 4.79 Å². The van der Waals surface area contributed by atoms with Crippen molar-refractivity contribution in [2.24, 2.45) is 7.05 Å². The quantitative estimate of drug-likeness (QED) is 0.860. The van der Waals surface area contributed by atoms with Crippen LogP contribution >= 0.6 is 11.8 Å². The molecule has 7 heteroatoms. The number of carbonyl (C=O) groups is 2. The molecule has 1 atom stereocenters. The van der Waals surface area contributed by atoms with Gasteiger partial charge in [-0.1, -0.05) is 36.0 Å². The van der Waals surface area contributed by atoms with E-state index in [9.17, 15) is 14.7 Å². The van der Waals surface area contributed by atoms with E-state index in [1.807, 2.05) is 42.1 Å². The van der Waals surface area contributed by atoms with E-state index in [1.165, 1.54) is 16.7 Å². The first-order valence-electron chi connectivity index (χ1n) is 7.25. The average molecular weight is 331 g/mol. The molecular weight excluding hydrogens is 314 g/mol. The molecule has 23 heavy (non-hydrogen) atoms. The van der Waals surface area contributed by atoms with E-state index >= 15 is 0 Å². The smallest absolute Gasteiger partial charge is 0.326 e. The summed E-state index contributed by atoms with van der Waals surface area (Å²) in [4.78, 5) is 29.7. The first-order valence-corrected chi connectivity index (χ1v) is 8.24. The summed E-state index contributed by atoms with van der Waals surface area (Å²) in [6.45, 7) is 0.340. The molecule has 6 nitrogen and oxygen atoms in total. The number of carboxylic acid groups (broad SMARTS) is 1. The number of hydrogen-bond acceptors (Lipinski definition) is 4. The summed E-state index contributed by atoms with van der Waals surface area (Å²) < 4.78 is 1.83. The Morgan fingerprint density at radius 1 is 1.35 bits per heavy atom. The monoisotopic (exact) mass is 331 g/mol. The maximum absolute atomic E-state index is 12.5. The van der Waals surface area contributed by atoms with Crippen molar-refractivity contribution in [2.45, 2.75) is 24.2 Å². The van der Waals surface area contributed by atoms with Gasteiger partial charge in [-0.05, 0) is 11.1 Å². The maximum Gasteiger partial charge on any atom is 0.326 e. The Labute approximate surface area is 138 Å². The molecule has 0 unspecified atom stereocenters. The summed E-state index contributed by atoms with van der Waals surface area (Å²) in [5.74, 6) is -0.966. The van der Waals surface area contributed by atoms with Gasteiger partial charge in [-0.15, -0.1) is 0 Å². The minimum absolute atomic E-state index is 0.177. The number of nitrogens with zero attached hydrogens (tertiary/aromatic N) is 3. The van der Waals surface area contributed by atoms with Crippen molar-refractivity contribution < 1.29 is 14.7 Å². The van der Waals surface area contributed by atoms with Crippen LogP contribution in [0, 0.1) is 0 Å². The largest absolute Gasteiger partial charge is 0.480 e. The van der Waals surface area contributed by atoms with Gasteiger partial charge in [0.15, 0.2) is 5.16 Å². The number of benzene rings is 1. The summed E-state index contributed by atoms with van der Waals surface area (Å²) in [6.07, 6.45) is 3.83. The Bertz CT molecular complexity index is 744. The molecule has 0 saturated heterocycles. The van der Waals surface area contributed by atoms with Crippen molar-refractivity contribution in [3.63, 3.8) is 0 Å². The number of rotatable bonds is 4. The zero-order chi connectivity index (χ0) is 16.4. The van der Waals surface area contributed by atoms with E-state index in [-0.39, 0.29) is 11.7 Å². The fraction of sp³-hybridized carbons (Fsp3) is 0.312. The minimum Gasteiger partial charge on any atom is -0.480 e. The molecule has 0 aliphatic carbocycles. The average Bonchev–Trinajstić information content (AvgIpc) is 2.96. The molecule has 120 valence electrons. The third-order valence-electron chi connectivity index (χ3n) is 3.96. The standard InChI is InChI=1S/C16H17N3O3S/c1-18-7-6-17-16(18)23-10-14(20)19-9-12-5-3-2-4-11(12)8-13(19)15(21)22/h2-7,13H,8-10H2,1H3,(H,21,22)/t13-/m0/s1. The van der Waals surface area contributed by atoms with E-state index in [1.54, 1.807) is 6.20 Å². The van der Waals surface area contributed by atoms with Gasteiger partial charge in [0.1, 0.15) is 6.04 Å². The van der Waals surface area contributed by atoms with Crippen molar-refractivity contribution in [3.8, 4) is 0 Å². The number of carboxylic acids is 1. The predicted molar refractivity (Wildman–Crippen MR) is 86.1 cm³/mol. The number of aryl methyl sites for hydroxylation is 1. The van der Waals surface area contributed by atoms with Gasteiger partial charge in [0.25, 0.3) is 0 Å². The van der Waals surface area contributed by atoms with Crippen LogP contribution in [-0.2, 0) is 29.6 Å². The first-order chi connectivity index (χ1) is 11.1. The fourth-order valence-corrected chi connectivity index (χ4v) is 3.52. The van der Waals surface area contributed by atoms with Gasteiger partial charge >= 0.3 is 5.97 Å². The molecule has 1 amide bonds. The number of hydrogen-bond donors (Lipinski definition) is 1. The SMILES string of the molecule is Cn1ccnc1SCC(=O)N1Cc2ccccc2C[C@H]1C(=O)O. The molecule has 1 aliphatic heterocycles. The molecule has 0 spiro atoms. The van der Waals surface area contributed by atoms with Gasteiger partial charge < -0.3 is 14.6 Å². The molecule has 0 saturated carbocycles. The van der Waals surface area contributed by atoms with Crippen LogP contribution < -0.4 is 0 Å². The fourth-order valence-electron chi connectivity index (χ4n) is 2.71. The van der Waals surface area contributed by atoms with Gasteiger partial charge in [0.05, 0.1) is 5.75 Å². The third-order valence-corrected chi connectivity index (χ3v) is 5.00. The number of imidazole rings is 1. The van der Waals surface area contributed by atoms with Crippen LogP contribution in [0.3, 0.4) is 0 Å². The second kappa shape index (κ2) is 6.45. The second-order valence-corrected chi connectivity index (χ2v) is 6.40. The molecular formula is C16H17N3O3S. The molecule has 0 bridgehead atoms. The van der Waals surface area contributed by atoms with Gasteiger partial charge in [0, 0.05) is 32.4 Å². The number of aliphatic carboxylic acids is 1. The van der Waals surface area contributed by atoms with Gasteiger partial charge in [-0.2, -0.15) is 0 Å². The van der Waals surface area contributed by atoms with E-state index in [4.69, 9.17) is 0 Å². The highest BCUT2D eigenvalue weighted by Gasteiger charge is 2.34. The summed E-state index contributed by atoms with van der Waals surface area (Å²) in [6, 6.07) is 6.87. The highest BCUT2D eigenvalue weighted by atomic mass is 32.2. The topological polar surface area (TPSA) is 75.4 Å². The van der Waals surface area contributed by atoms with E-state index in [0.29, 0.717) is 13.0 Å². The normalized spacial score (nSPS) is 16.9. The van der Waals surface area contributed by atoms with Crippen LogP contribution in [0.4, 0.5) is 0 Å². The minimum atomic E-state index is -0.963. The van der Waals surface area contributed by atoms with E-state index in [2.05, 4.69) is 4.98 Å². The highest BCUT2D eigenvalue weighted by molar-refractivity contribution is 7.99. The van der Waals surface area contributed by atoms with E-state index in [0.717, 1.165) is 16.3 Å². The lowest BCUT2D eigenvalue weighted by molar-refractivity contribution is -0.150. The lowest BCUT2D eigenvalue weighted by Gasteiger charge is -2.34. The van der Waals surface area contributed by atoms with Crippen LogP contribution in [0.25, 0.3) is 0 Å². The van der Waals surface area contributed by atoms with Crippen molar-refractivity contribution in [3.05, 3.63) is 47.8 Å². The van der Waals surface area contributed by atoms with Crippen LogP contribution in [-0.4, -0.2) is 43.2 Å². The molecule has 2 aromatic rings. The number of carbonyl (C=O) groups excluding carboxylic acids is 1. The predicted octanol–water partition coefficient (Wildman–Crippen LogP) is 1.55. The lowest BCUT2D eigenvalue weighted by atomic mass is 9.94. The Morgan fingerprint density at radius 2 is 2.09 bits per heavy atom. The van der Waals surface area contributed by atoms with Crippen molar-refractivity contribution >= 4 is 23.6 Å². The first kappa shape index (κ1) is 15.6. The summed E-state index contributed by atoms with van der Waals surface area (Å²) in [5.41, 5.74) is 2.01. The Kier molecular flexibility index (Phi) is 4.38. The van der Waals surface area contributed by atoms with E-state index < -0.39 is 12.0 Å². The van der Waals surface area contributed by atoms with Crippen LogP contribution in [0.2, 0.25) is 0 Å². The summed E-state index contributed by atoms with van der Waals surface area (Å²) in [7, 11) is 1.86. The molecule has 0 radical (unpaired) electrons. The van der Waals surface area contributed by atoms with Gasteiger partial charge in [0.2, 0.25) is 5.91 Å². The Balaban J connectivity index is 1.75. The highest BCUT2D eigenvalue weighted by Crippen LogP contribution is 2.25. The Hall–Kier alpha value is -2.28. The number of aromatic nitrogens is 2. The third kappa shape index (κ3) is 3.24. The number of fused-ring (bicyclic) bond motifs is 1. The van der Waals surface area contributed by atoms with Gasteiger partial charge in [-0.25, -0.2) is 9.78 Å². The van der Waals surface area contributed by atoms with Crippen LogP contribution in [0.1, 0.15) is 11.1 Å². The molecule has 1 aromatic carbocycles. The summed E-state index contributed by atoms with van der Waals surface area (Å²) in [5, 5.41) is 10.2. The molecule has 3 rings (SSSR count). The molecule has 0 fully saturated rings. The lowest BCUT2D eigenvalue weighted by Crippen LogP contribution is -2.49.